The van der Waals surface area contributed by atoms with Crippen molar-refractivity contribution in [2.45, 2.75) is 58.3 Å². The molecule has 0 saturated carbocycles. The zero-order valence-electron chi connectivity index (χ0n) is 15.1. The smallest absolute Gasteiger partial charge is 0.243 e. The molecule has 1 rings (SSSR count). The maximum atomic E-state index is 12.8. The summed E-state index contributed by atoms with van der Waals surface area (Å²) in [6.45, 7) is 11.5. The fourth-order valence-electron chi connectivity index (χ4n) is 2.74. The van der Waals surface area contributed by atoms with Crippen LogP contribution in [0.3, 0.4) is 0 Å². The summed E-state index contributed by atoms with van der Waals surface area (Å²) in [5.74, 6) is 0. The molecule has 1 aromatic carbocycles. The Bertz CT molecular complexity index is 529. The van der Waals surface area contributed by atoms with Crippen LogP contribution in [0.15, 0.2) is 29.2 Å². The molecule has 0 amide bonds. The second-order valence-electron chi connectivity index (χ2n) is 5.89. The highest BCUT2D eigenvalue weighted by Crippen LogP contribution is 2.21. The third-order valence-corrected chi connectivity index (χ3v) is 5.69. The van der Waals surface area contributed by atoms with Crippen molar-refractivity contribution in [3.63, 3.8) is 0 Å². The molecule has 0 aliphatic rings. The Morgan fingerprint density at radius 1 is 0.739 bits per heavy atom. The van der Waals surface area contributed by atoms with Gasteiger partial charge in [0.05, 0.1) is 4.90 Å². The van der Waals surface area contributed by atoms with Crippen LogP contribution in [0.25, 0.3) is 0 Å². The van der Waals surface area contributed by atoms with Gasteiger partial charge >= 0.3 is 0 Å². The standard InChI is InChI=1S/C18H32N2O2S/c1-5-13-19(14-6-2)17-9-11-18(12-10-17)23(21,22)20(15-7-3)16-8-4/h9-12H,5-8,13-16H2,1-4H3. The summed E-state index contributed by atoms with van der Waals surface area (Å²) in [5, 5.41) is 0. The molecule has 1 aromatic rings. The summed E-state index contributed by atoms with van der Waals surface area (Å²) in [4.78, 5) is 2.71. The Kier molecular flexibility index (Phi) is 8.63. The predicted molar refractivity (Wildman–Crippen MR) is 98.6 cm³/mol. The average molecular weight is 341 g/mol. The molecule has 132 valence electrons. The maximum absolute atomic E-state index is 12.8. The monoisotopic (exact) mass is 340 g/mol. The third-order valence-electron chi connectivity index (χ3n) is 3.77. The molecule has 0 unspecified atom stereocenters. The van der Waals surface area contributed by atoms with Gasteiger partial charge in [0.25, 0.3) is 0 Å². The lowest BCUT2D eigenvalue weighted by Gasteiger charge is -2.25. The molecule has 0 heterocycles. The van der Waals surface area contributed by atoms with E-state index in [0.717, 1.165) is 44.5 Å². The van der Waals surface area contributed by atoms with Gasteiger partial charge in [0.2, 0.25) is 10.0 Å². The molecule has 23 heavy (non-hydrogen) atoms. The van der Waals surface area contributed by atoms with E-state index in [1.54, 1.807) is 16.4 Å². The fourth-order valence-corrected chi connectivity index (χ4v) is 4.36. The normalized spacial score (nSPS) is 11.9. The Morgan fingerprint density at radius 2 is 1.17 bits per heavy atom. The van der Waals surface area contributed by atoms with Crippen molar-refractivity contribution < 1.29 is 8.42 Å². The van der Waals surface area contributed by atoms with E-state index in [1.807, 2.05) is 26.0 Å². The van der Waals surface area contributed by atoms with Gasteiger partial charge < -0.3 is 4.90 Å². The molecule has 0 aromatic heterocycles. The highest BCUT2D eigenvalue weighted by Gasteiger charge is 2.23. The highest BCUT2D eigenvalue weighted by molar-refractivity contribution is 7.89. The molecule has 0 bridgehead atoms. The minimum atomic E-state index is -3.38. The molecule has 0 aliphatic carbocycles. The number of rotatable bonds is 11. The zero-order valence-corrected chi connectivity index (χ0v) is 15.9. The van der Waals surface area contributed by atoms with Crippen molar-refractivity contribution >= 4 is 15.7 Å². The summed E-state index contributed by atoms with van der Waals surface area (Å²) in [6.07, 6.45) is 3.83. The molecule has 0 radical (unpaired) electrons. The lowest BCUT2D eigenvalue weighted by Crippen LogP contribution is -2.32. The van der Waals surface area contributed by atoms with E-state index in [4.69, 9.17) is 0 Å². The first-order valence-corrected chi connectivity index (χ1v) is 10.3. The SMILES string of the molecule is CCCN(CCC)c1ccc(S(=O)(=O)N(CCC)CCC)cc1. The molecule has 0 N–H and O–H groups in total. The Hall–Kier alpha value is -1.07. The van der Waals surface area contributed by atoms with Gasteiger partial charge in [-0.05, 0) is 49.9 Å². The van der Waals surface area contributed by atoms with Crippen LogP contribution < -0.4 is 4.90 Å². The summed E-state index contributed by atoms with van der Waals surface area (Å²) in [5.41, 5.74) is 1.10. The minimum Gasteiger partial charge on any atom is -0.372 e. The van der Waals surface area contributed by atoms with Gasteiger partial charge in [0.1, 0.15) is 0 Å². The van der Waals surface area contributed by atoms with Crippen LogP contribution in [-0.4, -0.2) is 38.9 Å². The van der Waals surface area contributed by atoms with E-state index in [2.05, 4.69) is 18.7 Å². The molecule has 0 saturated heterocycles. The van der Waals surface area contributed by atoms with Crippen molar-refractivity contribution in [3.05, 3.63) is 24.3 Å². The van der Waals surface area contributed by atoms with E-state index >= 15 is 0 Å². The summed E-state index contributed by atoms with van der Waals surface area (Å²) in [6, 6.07) is 7.38. The lowest BCUT2D eigenvalue weighted by molar-refractivity contribution is 0.410. The summed E-state index contributed by atoms with van der Waals surface area (Å²) >= 11 is 0. The van der Waals surface area contributed by atoms with Crippen LogP contribution in [0.5, 0.6) is 0 Å². The Balaban J connectivity index is 3.01. The van der Waals surface area contributed by atoms with E-state index in [1.165, 1.54) is 0 Å². The molecule has 0 aliphatic heterocycles. The van der Waals surface area contributed by atoms with E-state index in [9.17, 15) is 8.42 Å². The molecule has 5 heteroatoms. The Labute approximate surface area is 142 Å². The number of hydrogen-bond acceptors (Lipinski definition) is 3. The van der Waals surface area contributed by atoms with Crippen LogP contribution >= 0.6 is 0 Å². The summed E-state index contributed by atoms with van der Waals surface area (Å²) < 4.78 is 27.1. The Morgan fingerprint density at radius 3 is 1.57 bits per heavy atom. The van der Waals surface area contributed by atoms with Crippen LogP contribution in [-0.2, 0) is 10.0 Å². The molecule has 0 spiro atoms. The van der Waals surface area contributed by atoms with Crippen molar-refractivity contribution in [2.75, 3.05) is 31.1 Å². The van der Waals surface area contributed by atoms with Crippen molar-refractivity contribution in [3.8, 4) is 0 Å². The van der Waals surface area contributed by atoms with Gasteiger partial charge in [0.15, 0.2) is 0 Å². The molecular weight excluding hydrogens is 308 g/mol. The van der Waals surface area contributed by atoms with Gasteiger partial charge in [0, 0.05) is 31.9 Å². The molecular formula is C18H32N2O2S. The van der Waals surface area contributed by atoms with Crippen molar-refractivity contribution in [1.82, 2.24) is 4.31 Å². The number of hydrogen-bond donors (Lipinski definition) is 0. The van der Waals surface area contributed by atoms with E-state index < -0.39 is 10.0 Å². The quantitative estimate of drug-likeness (QED) is 0.608. The second-order valence-corrected chi connectivity index (χ2v) is 7.82. The first-order valence-electron chi connectivity index (χ1n) is 8.86. The third kappa shape index (κ3) is 5.50. The van der Waals surface area contributed by atoms with Crippen LogP contribution in [0.1, 0.15) is 53.4 Å². The lowest BCUT2D eigenvalue weighted by atomic mass is 10.2. The minimum absolute atomic E-state index is 0.399. The number of sulfonamides is 1. The van der Waals surface area contributed by atoms with Gasteiger partial charge in [-0.3, -0.25) is 0 Å². The predicted octanol–water partition coefficient (Wildman–Crippen LogP) is 4.12. The molecule has 0 atom stereocenters. The van der Waals surface area contributed by atoms with E-state index in [-0.39, 0.29) is 0 Å². The first kappa shape index (κ1) is 20.0. The second kappa shape index (κ2) is 9.93. The van der Waals surface area contributed by atoms with Gasteiger partial charge in [-0.2, -0.15) is 4.31 Å². The van der Waals surface area contributed by atoms with Gasteiger partial charge in [-0.15, -0.1) is 0 Å². The largest absolute Gasteiger partial charge is 0.372 e. The van der Waals surface area contributed by atoms with Gasteiger partial charge in [-0.25, -0.2) is 8.42 Å². The topological polar surface area (TPSA) is 40.6 Å². The maximum Gasteiger partial charge on any atom is 0.243 e. The fraction of sp³-hybridized carbons (Fsp3) is 0.667. The number of anilines is 1. The molecule has 0 fully saturated rings. The van der Waals surface area contributed by atoms with Crippen LogP contribution in [0.4, 0.5) is 5.69 Å². The van der Waals surface area contributed by atoms with Crippen LogP contribution in [0.2, 0.25) is 0 Å². The van der Waals surface area contributed by atoms with Crippen LogP contribution in [0, 0.1) is 0 Å². The van der Waals surface area contributed by atoms with E-state index in [0.29, 0.717) is 18.0 Å². The molecule has 4 nitrogen and oxygen atoms in total. The van der Waals surface area contributed by atoms with Gasteiger partial charge in [-0.1, -0.05) is 27.7 Å². The highest BCUT2D eigenvalue weighted by atomic mass is 32.2. The summed E-state index contributed by atoms with van der Waals surface area (Å²) in [7, 11) is -3.38. The average Bonchev–Trinajstić information content (AvgIpc) is 2.54. The number of nitrogens with zero attached hydrogens (tertiary/aromatic N) is 2. The van der Waals surface area contributed by atoms with Crippen molar-refractivity contribution in [2.24, 2.45) is 0 Å². The first-order chi connectivity index (χ1) is 11.0. The zero-order chi connectivity index (χ0) is 17.3. The number of benzene rings is 1. The van der Waals surface area contributed by atoms with Crippen molar-refractivity contribution in [1.29, 1.82) is 0 Å².